The van der Waals surface area contributed by atoms with E-state index in [0.717, 1.165) is 5.56 Å². The predicted molar refractivity (Wildman–Crippen MR) is 75.5 cm³/mol. The van der Waals surface area contributed by atoms with Gasteiger partial charge in [0.1, 0.15) is 0 Å². The Bertz CT molecular complexity index is 456. The Labute approximate surface area is 113 Å². The van der Waals surface area contributed by atoms with Crippen molar-refractivity contribution in [1.29, 1.82) is 0 Å². The molecule has 102 valence electrons. The van der Waals surface area contributed by atoms with Crippen LogP contribution in [-0.2, 0) is 4.79 Å². The van der Waals surface area contributed by atoms with Gasteiger partial charge in [-0.15, -0.1) is 0 Å². The van der Waals surface area contributed by atoms with Crippen LogP contribution in [0.3, 0.4) is 0 Å². The number of nitrogens with one attached hydrogen (secondary N) is 2. The number of β-amino-alcohol motifs (C(OH)–C–C–N with tert-alkyl or cyclic N) is 1. The van der Waals surface area contributed by atoms with Gasteiger partial charge in [0.2, 0.25) is 5.91 Å². The van der Waals surface area contributed by atoms with Crippen molar-refractivity contribution < 1.29 is 9.90 Å². The number of aliphatic hydroxyl groups is 1. The van der Waals surface area contributed by atoms with Gasteiger partial charge >= 0.3 is 0 Å². The number of amides is 1. The Morgan fingerprint density at radius 3 is 2.84 bits per heavy atom. The van der Waals surface area contributed by atoms with Crippen molar-refractivity contribution in [2.24, 2.45) is 0 Å². The van der Waals surface area contributed by atoms with Crippen LogP contribution in [0, 0.1) is 0 Å². The zero-order valence-electron chi connectivity index (χ0n) is 11.1. The molecular weight excluding hydrogens is 240 g/mol. The molecule has 0 saturated carbocycles. The summed E-state index contributed by atoms with van der Waals surface area (Å²) >= 11 is 0. The highest BCUT2D eigenvalue weighted by molar-refractivity contribution is 5.97. The second kappa shape index (κ2) is 6.50. The molecule has 4 heteroatoms. The van der Waals surface area contributed by atoms with Gasteiger partial charge in [-0.25, -0.2) is 0 Å². The molecule has 1 fully saturated rings. The predicted octanol–water partition coefficient (Wildman–Crippen LogP) is 0.929. The fourth-order valence-corrected chi connectivity index (χ4v) is 2.17. The molecular formula is C15H20N2O2. The molecule has 4 nitrogen and oxygen atoms in total. The molecule has 0 aromatic heterocycles. The third kappa shape index (κ3) is 4.19. The Morgan fingerprint density at radius 1 is 1.47 bits per heavy atom. The van der Waals surface area contributed by atoms with Crippen LogP contribution in [0.4, 0.5) is 0 Å². The van der Waals surface area contributed by atoms with E-state index in [1.165, 1.54) is 0 Å². The first-order chi connectivity index (χ1) is 9.15. The van der Waals surface area contributed by atoms with Gasteiger partial charge in [-0.05, 0) is 25.0 Å². The lowest BCUT2D eigenvalue weighted by atomic mass is 10.1. The van der Waals surface area contributed by atoms with Crippen LogP contribution in [0.25, 0.3) is 6.08 Å². The molecule has 2 unspecified atom stereocenters. The van der Waals surface area contributed by atoms with Crippen LogP contribution >= 0.6 is 0 Å². The molecule has 0 radical (unpaired) electrons. The number of hydrogen-bond acceptors (Lipinski definition) is 3. The normalized spacial score (nSPS) is 23.4. The molecule has 0 bridgehead atoms. The Morgan fingerprint density at radius 2 is 2.21 bits per heavy atom. The highest BCUT2D eigenvalue weighted by Gasteiger charge is 2.22. The zero-order valence-corrected chi connectivity index (χ0v) is 11.1. The standard InChI is InChI=1S/C15H20N2O2/c1-11(7-12-5-3-2-4-6-12)15(19)17-9-13-8-14(18)10-16-13/h2-7,13-14,16,18H,8-10H2,1H3,(H,17,19). The average molecular weight is 260 g/mol. The summed E-state index contributed by atoms with van der Waals surface area (Å²) in [5, 5.41) is 15.4. The maximum absolute atomic E-state index is 11.9. The zero-order chi connectivity index (χ0) is 13.7. The maximum Gasteiger partial charge on any atom is 0.246 e. The minimum absolute atomic E-state index is 0.0629. The van der Waals surface area contributed by atoms with Gasteiger partial charge in [-0.3, -0.25) is 4.79 Å². The van der Waals surface area contributed by atoms with Crippen molar-refractivity contribution in [3.05, 3.63) is 41.5 Å². The van der Waals surface area contributed by atoms with Crippen LogP contribution in [-0.4, -0.2) is 36.2 Å². The Balaban J connectivity index is 1.84. The lowest BCUT2D eigenvalue weighted by Gasteiger charge is -2.11. The van der Waals surface area contributed by atoms with E-state index in [1.807, 2.05) is 36.4 Å². The van der Waals surface area contributed by atoms with Gasteiger partial charge in [-0.2, -0.15) is 0 Å². The summed E-state index contributed by atoms with van der Waals surface area (Å²) in [6.07, 6.45) is 2.27. The molecule has 1 amide bonds. The first-order valence-electron chi connectivity index (χ1n) is 6.58. The number of aliphatic hydroxyl groups excluding tert-OH is 1. The van der Waals surface area contributed by atoms with Crippen LogP contribution in [0.15, 0.2) is 35.9 Å². The third-order valence-electron chi connectivity index (χ3n) is 3.25. The van der Waals surface area contributed by atoms with Gasteiger partial charge < -0.3 is 15.7 Å². The van der Waals surface area contributed by atoms with Gasteiger partial charge in [0.25, 0.3) is 0 Å². The van der Waals surface area contributed by atoms with Crippen molar-refractivity contribution in [2.45, 2.75) is 25.5 Å². The number of carbonyl (C=O) groups is 1. The number of carbonyl (C=O) groups excluding carboxylic acids is 1. The smallest absolute Gasteiger partial charge is 0.246 e. The second-order valence-electron chi connectivity index (χ2n) is 4.94. The lowest BCUT2D eigenvalue weighted by molar-refractivity contribution is -0.117. The van der Waals surface area contributed by atoms with E-state index in [9.17, 15) is 9.90 Å². The molecule has 1 aromatic carbocycles. The van der Waals surface area contributed by atoms with E-state index in [2.05, 4.69) is 10.6 Å². The summed E-state index contributed by atoms with van der Waals surface area (Å²) < 4.78 is 0. The van der Waals surface area contributed by atoms with Gasteiger partial charge in [0.05, 0.1) is 6.10 Å². The molecule has 1 aromatic rings. The number of hydrogen-bond donors (Lipinski definition) is 3. The fraction of sp³-hybridized carbons (Fsp3) is 0.400. The summed E-state index contributed by atoms with van der Waals surface area (Å²) in [4.78, 5) is 11.9. The molecule has 2 rings (SSSR count). The minimum Gasteiger partial charge on any atom is -0.392 e. The fourth-order valence-electron chi connectivity index (χ4n) is 2.17. The van der Waals surface area contributed by atoms with E-state index in [0.29, 0.717) is 25.1 Å². The highest BCUT2D eigenvalue weighted by atomic mass is 16.3. The molecule has 1 aliphatic heterocycles. The SMILES string of the molecule is CC(=Cc1ccccc1)C(=O)NCC1CC(O)CN1. The molecule has 0 spiro atoms. The largest absolute Gasteiger partial charge is 0.392 e. The minimum atomic E-state index is -0.289. The Hall–Kier alpha value is -1.65. The van der Waals surface area contributed by atoms with Crippen LogP contribution in [0.2, 0.25) is 0 Å². The molecule has 0 aliphatic carbocycles. The number of rotatable bonds is 4. The molecule has 2 atom stereocenters. The first-order valence-corrected chi connectivity index (χ1v) is 6.58. The van der Waals surface area contributed by atoms with Crippen LogP contribution in [0.5, 0.6) is 0 Å². The van der Waals surface area contributed by atoms with Crippen LogP contribution < -0.4 is 10.6 Å². The Kier molecular flexibility index (Phi) is 4.71. The summed E-state index contributed by atoms with van der Waals surface area (Å²) in [6.45, 7) is 2.97. The van der Waals surface area contributed by atoms with E-state index >= 15 is 0 Å². The topological polar surface area (TPSA) is 61.4 Å². The summed E-state index contributed by atoms with van der Waals surface area (Å²) in [5.41, 5.74) is 1.70. The second-order valence-corrected chi connectivity index (χ2v) is 4.94. The van der Waals surface area contributed by atoms with E-state index in [-0.39, 0.29) is 18.1 Å². The van der Waals surface area contributed by atoms with E-state index in [4.69, 9.17) is 0 Å². The maximum atomic E-state index is 11.9. The third-order valence-corrected chi connectivity index (χ3v) is 3.25. The van der Waals surface area contributed by atoms with Crippen molar-refractivity contribution in [1.82, 2.24) is 10.6 Å². The van der Waals surface area contributed by atoms with Crippen molar-refractivity contribution in [3.63, 3.8) is 0 Å². The highest BCUT2D eigenvalue weighted by Crippen LogP contribution is 2.07. The molecule has 1 saturated heterocycles. The summed E-state index contributed by atoms with van der Waals surface area (Å²) in [6, 6.07) is 9.94. The first kappa shape index (κ1) is 13.8. The summed E-state index contributed by atoms with van der Waals surface area (Å²) in [5.74, 6) is -0.0629. The van der Waals surface area contributed by atoms with Crippen molar-refractivity contribution in [3.8, 4) is 0 Å². The van der Waals surface area contributed by atoms with Gasteiger partial charge in [0.15, 0.2) is 0 Å². The average Bonchev–Trinajstić information content (AvgIpc) is 2.83. The monoisotopic (exact) mass is 260 g/mol. The number of benzene rings is 1. The molecule has 1 heterocycles. The van der Waals surface area contributed by atoms with Crippen molar-refractivity contribution >= 4 is 12.0 Å². The van der Waals surface area contributed by atoms with Gasteiger partial charge in [0, 0.05) is 24.7 Å². The summed E-state index contributed by atoms with van der Waals surface area (Å²) in [7, 11) is 0. The molecule has 19 heavy (non-hydrogen) atoms. The molecule has 1 aliphatic rings. The van der Waals surface area contributed by atoms with E-state index in [1.54, 1.807) is 6.92 Å². The van der Waals surface area contributed by atoms with Crippen LogP contribution in [0.1, 0.15) is 18.9 Å². The molecule has 3 N–H and O–H groups in total. The quantitative estimate of drug-likeness (QED) is 0.706. The van der Waals surface area contributed by atoms with Gasteiger partial charge in [-0.1, -0.05) is 30.3 Å². The van der Waals surface area contributed by atoms with Crippen molar-refractivity contribution in [2.75, 3.05) is 13.1 Å². The van der Waals surface area contributed by atoms with E-state index < -0.39 is 0 Å². The lowest BCUT2D eigenvalue weighted by Crippen LogP contribution is -2.37.